The van der Waals surface area contributed by atoms with E-state index < -0.39 is 0 Å². The molecule has 26 heavy (non-hydrogen) atoms. The van der Waals surface area contributed by atoms with E-state index >= 15 is 0 Å². The summed E-state index contributed by atoms with van der Waals surface area (Å²) in [4.78, 5) is 11.3. The van der Waals surface area contributed by atoms with E-state index in [4.69, 9.17) is 0 Å². The number of nitrogens with zero attached hydrogens (tertiary/aromatic N) is 3. The van der Waals surface area contributed by atoms with Crippen molar-refractivity contribution in [1.29, 1.82) is 0 Å². The van der Waals surface area contributed by atoms with Crippen molar-refractivity contribution in [3.05, 3.63) is 58.5 Å². The van der Waals surface area contributed by atoms with Gasteiger partial charge in [-0.05, 0) is 40.1 Å². The summed E-state index contributed by atoms with van der Waals surface area (Å²) in [5, 5.41) is 9.61. The van der Waals surface area contributed by atoms with E-state index in [1.54, 1.807) is 5.12 Å². The number of benzene rings is 1. The summed E-state index contributed by atoms with van der Waals surface area (Å²) in [6.07, 6.45) is 9.11. The Hall–Kier alpha value is -2.27. The molecule has 0 amide bonds. The van der Waals surface area contributed by atoms with Gasteiger partial charge in [-0.1, -0.05) is 65.0 Å². The normalized spacial score (nSPS) is 19.5. The molecule has 1 heterocycles. The van der Waals surface area contributed by atoms with Gasteiger partial charge in [-0.2, -0.15) is 5.10 Å². The molecule has 1 aliphatic carbocycles. The van der Waals surface area contributed by atoms with E-state index in [0.29, 0.717) is 12.2 Å². The Morgan fingerprint density at radius 2 is 1.96 bits per heavy atom. The smallest absolute Gasteiger partial charge is 0.113 e. The number of nitrogens with one attached hydrogen (secondary N) is 1. The molecule has 1 aromatic carbocycles. The predicted molar refractivity (Wildman–Crippen MR) is 107 cm³/mol. The average Bonchev–Trinajstić information content (AvgIpc) is 2.94. The fourth-order valence-corrected chi connectivity index (χ4v) is 3.96. The molecule has 1 N–H and O–H groups in total. The Labute approximate surface area is 155 Å². The van der Waals surface area contributed by atoms with Gasteiger partial charge in [0.15, 0.2) is 0 Å². The lowest BCUT2D eigenvalue weighted by Gasteiger charge is -2.33. The summed E-state index contributed by atoms with van der Waals surface area (Å²) in [5.74, 6) is 0. The van der Waals surface area contributed by atoms with Gasteiger partial charge in [-0.3, -0.25) is 0 Å². The van der Waals surface area contributed by atoms with E-state index in [1.165, 1.54) is 5.56 Å². The SMILES string of the molecule is CC(C)(C)CC(C)(C)c1ccc(N=O)c(CN2N=C3C=CC=CC3N2)c1. The van der Waals surface area contributed by atoms with Crippen LogP contribution in [0.4, 0.5) is 5.69 Å². The van der Waals surface area contributed by atoms with Crippen molar-refractivity contribution in [2.45, 2.75) is 59.0 Å². The maximum absolute atomic E-state index is 11.3. The van der Waals surface area contributed by atoms with Crippen molar-refractivity contribution in [3.8, 4) is 0 Å². The summed E-state index contributed by atoms with van der Waals surface area (Å²) < 4.78 is 0. The minimum Gasteiger partial charge on any atom is -0.224 e. The van der Waals surface area contributed by atoms with Gasteiger partial charge in [-0.25, -0.2) is 10.5 Å². The van der Waals surface area contributed by atoms with Crippen LogP contribution in [0.1, 0.15) is 52.2 Å². The Balaban J connectivity index is 1.85. The second kappa shape index (κ2) is 6.80. The Bertz CT molecular complexity index is 784. The molecule has 1 aliphatic heterocycles. The molecule has 0 radical (unpaired) electrons. The van der Waals surface area contributed by atoms with Gasteiger partial charge in [0, 0.05) is 5.56 Å². The van der Waals surface area contributed by atoms with Gasteiger partial charge in [0.2, 0.25) is 0 Å². The largest absolute Gasteiger partial charge is 0.224 e. The Morgan fingerprint density at radius 3 is 2.62 bits per heavy atom. The lowest BCUT2D eigenvalue weighted by molar-refractivity contribution is 0.209. The van der Waals surface area contributed by atoms with Gasteiger partial charge in [0.05, 0.1) is 18.3 Å². The van der Waals surface area contributed by atoms with E-state index in [9.17, 15) is 4.91 Å². The highest BCUT2D eigenvalue weighted by atomic mass is 16.3. The van der Waals surface area contributed by atoms with E-state index in [-0.39, 0.29) is 16.9 Å². The highest BCUT2D eigenvalue weighted by Gasteiger charge is 2.29. The summed E-state index contributed by atoms with van der Waals surface area (Å²) in [5.41, 5.74) is 7.15. The van der Waals surface area contributed by atoms with Gasteiger partial charge < -0.3 is 0 Å². The van der Waals surface area contributed by atoms with E-state index in [0.717, 1.165) is 17.7 Å². The van der Waals surface area contributed by atoms with Crippen molar-refractivity contribution < 1.29 is 0 Å². The first-order valence-corrected chi connectivity index (χ1v) is 9.12. The fourth-order valence-electron chi connectivity index (χ4n) is 3.96. The third kappa shape index (κ3) is 4.10. The molecule has 5 nitrogen and oxygen atoms in total. The van der Waals surface area contributed by atoms with Crippen LogP contribution < -0.4 is 5.43 Å². The Morgan fingerprint density at radius 1 is 1.19 bits per heavy atom. The molecule has 1 atom stereocenters. The third-order valence-corrected chi connectivity index (χ3v) is 4.78. The molecule has 2 aliphatic rings. The first-order valence-electron chi connectivity index (χ1n) is 9.12. The van der Waals surface area contributed by atoms with Crippen molar-refractivity contribution in [2.24, 2.45) is 15.7 Å². The number of nitroso groups, excluding NO2 is 1. The number of rotatable bonds is 5. The first-order chi connectivity index (χ1) is 12.2. The summed E-state index contributed by atoms with van der Waals surface area (Å²) >= 11 is 0. The quantitative estimate of drug-likeness (QED) is 0.761. The van der Waals surface area contributed by atoms with Crippen molar-refractivity contribution in [1.82, 2.24) is 10.5 Å². The average molecular weight is 352 g/mol. The predicted octanol–water partition coefficient (Wildman–Crippen LogP) is 4.97. The number of hydrazine groups is 1. The molecule has 0 saturated carbocycles. The van der Waals surface area contributed by atoms with Crippen LogP contribution >= 0.6 is 0 Å². The van der Waals surface area contributed by atoms with Crippen LogP contribution in [0.3, 0.4) is 0 Å². The highest BCUT2D eigenvalue weighted by Crippen LogP contribution is 2.38. The molecule has 1 unspecified atom stereocenters. The molecular weight excluding hydrogens is 324 g/mol. The highest BCUT2D eigenvalue weighted by molar-refractivity contribution is 6.02. The fraction of sp³-hybridized carbons (Fsp3) is 0.476. The lowest BCUT2D eigenvalue weighted by atomic mass is 9.72. The Kier molecular flexibility index (Phi) is 4.84. The molecular formula is C21H28N4O. The minimum atomic E-state index is 0.0121. The van der Waals surface area contributed by atoms with Crippen LogP contribution in [-0.2, 0) is 12.0 Å². The number of hydrogen-bond acceptors (Lipinski definition) is 5. The van der Waals surface area contributed by atoms with Gasteiger partial charge in [0.25, 0.3) is 0 Å². The molecule has 0 fully saturated rings. The number of allylic oxidation sites excluding steroid dienone is 2. The molecule has 1 aromatic rings. The first kappa shape index (κ1) is 18.5. The zero-order valence-electron chi connectivity index (χ0n) is 16.3. The molecule has 0 spiro atoms. The van der Waals surface area contributed by atoms with Crippen molar-refractivity contribution >= 4 is 11.4 Å². The van der Waals surface area contributed by atoms with Crippen LogP contribution in [0.25, 0.3) is 0 Å². The number of hydrogen-bond donors (Lipinski definition) is 1. The summed E-state index contributed by atoms with van der Waals surface area (Å²) in [6, 6.07) is 6.07. The van der Waals surface area contributed by atoms with Crippen LogP contribution in [0.15, 0.2) is 52.8 Å². The van der Waals surface area contributed by atoms with Gasteiger partial charge in [0.1, 0.15) is 5.69 Å². The second-order valence-electron chi connectivity index (χ2n) is 8.99. The lowest BCUT2D eigenvalue weighted by Crippen LogP contribution is -2.36. The third-order valence-electron chi connectivity index (χ3n) is 4.78. The summed E-state index contributed by atoms with van der Waals surface area (Å²) in [6.45, 7) is 11.8. The standard InChI is InChI=1S/C21H28N4O/c1-20(2,3)14-21(4,5)16-10-11-17(24-26)15(12-16)13-25-22-18-8-6-7-9-19(18)23-25/h6-12,18,22H,13-14H2,1-5H3. The molecule has 138 valence electrons. The topological polar surface area (TPSA) is 57.1 Å². The van der Waals surface area contributed by atoms with Crippen molar-refractivity contribution in [2.75, 3.05) is 0 Å². The minimum absolute atomic E-state index is 0.0121. The molecule has 3 rings (SSSR count). The number of hydrazone groups is 1. The van der Waals surface area contributed by atoms with E-state index in [2.05, 4.69) is 62.5 Å². The molecule has 0 bridgehead atoms. The summed E-state index contributed by atoms with van der Waals surface area (Å²) in [7, 11) is 0. The maximum atomic E-state index is 11.3. The van der Waals surface area contributed by atoms with Gasteiger partial charge >= 0.3 is 0 Å². The van der Waals surface area contributed by atoms with Crippen LogP contribution in [0.2, 0.25) is 0 Å². The van der Waals surface area contributed by atoms with Crippen molar-refractivity contribution in [3.63, 3.8) is 0 Å². The van der Waals surface area contributed by atoms with Crippen LogP contribution in [0.5, 0.6) is 0 Å². The zero-order chi connectivity index (χ0) is 18.9. The van der Waals surface area contributed by atoms with Gasteiger partial charge in [-0.15, -0.1) is 4.91 Å². The second-order valence-corrected chi connectivity index (χ2v) is 8.99. The molecule has 5 heteroatoms. The van der Waals surface area contributed by atoms with E-state index in [1.807, 2.05) is 30.4 Å². The maximum Gasteiger partial charge on any atom is 0.113 e. The number of fused-ring (bicyclic) bond motifs is 1. The van der Waals surface area contributed by atoms with Crippen LogP contribution in [-0.4, -0.2) is 16.9 Å². The molecule has 0 aromatic heterocycles. The van der Waals surface area contributed by atoms with Crippen LogP contribution in [0, 0.1) is 10.3 Å². The molecule has 0 saturated heterocycles. The zero-order valence-corrected chi connectivity index (χ0v) is 16.3. The monoisotopic (exact) mass is 352 g/mol.